The second-order valence-corrected chi connectivity index (χ2v) is 8.79. The van der Waals surface area contributed by atoms with Crippen LogP contribution in [-0.4, -0.2) is 46.9 Å². The Bertz CT molecular complexity index is 1370. The van der Waals surface area contributed by atoms with Crippen LogP contribution in [0.25, 0.3) is 0 Å². The molecule has 0 saturated carbocycles. The van der Waals surface area contributed by atoms with Crippen LogP contribution in [0.4, 0.5) is 18.9 Å². The molecule has 1 aromatic heterocycles. The first kappa shape index (κ1) is 26.2. The van der Waals surface area contributed by atoms with Crippen molar-refractivity contribution in [2.24, 2.45) is 0 Å². The molecule has 0 bridgehead atoms. The number of halogens is 4. The number of nitrogens with zero attached hydrogens (tertiary/aromatic N) is 2. The van der Waals surface area contributed by atoms with Gasteiger partial charge >= 0.3 is 12.1 Å². The molecule has 0 saturated heterocycles. The van der Waals surface area contributed by atoms with E-state index in [1.54, 1.807) is 0 Å². The molecular weight excluding hydrogens is 517 g/mol. The number of hydrogen-bond donors (Lipinski definition) is 2. The monoisotopic (exact) mass is 536 g/mol. The zero-order valence-corrected chi connectivity index (χ0v) is 20.2. The zero-order valence-electron chi connectivity index (χ0n) is 19.4. The van der Waals surface area contributed by atoms with Gasteiger partial charge in [0.05, 0.1) is 11.3 Å². The van der Waals surface area contributed by atoms with Crippen molar-refractivity contribution in [1.82, 2.24) is 4.98 Å². The van der Waals surface area contributed by atoms with Crippen molar-refractivity contribution >= 4 is 29.2 Å². The van der Waals surface area contributed by atoms with E-state index < -0.39 is 35.1 Å². The fraction of sp³-hybridized carbons (Fsp3) is 0.240. The Morgan fingerprint density at radius 1 is 1.19 bits per heavy atom. The largest absolute Gasteiger partial charge is 0.482 e. The predicted octanol–water partition coefficient (Wildman–Crippen LogP) is 5.13. The molecule has 1 amide bonds. The number of rotatable bonds is 6. The molecule has 194 valence electrons. The van der Waals surface area contributed by atoms with Crippen molar-refractivity contribution in [3.8, 4) is 17.4 Å². The normalized spacial score (nSPS) is 15.9. The lowest BCUT2D eigenvalue weighted by Gasteiger charge is -2.38. The molecule has 2 heterocycles. The molecule has 2 N–H and O–H groups in total. The summed E-state index contributed by atoms with van der Waals surface area (Å²) in [6, 6.07) is 9.97. The van der Waals surface area contributed by atoms with Crippen LogP contribution in [0.3, 0.4) is 0 Å². The number of aliphatic hydroxyl groups is 1. The van der Waals surface area contributed by atoms with Crippen molar-refractivity contribution in [3.63, 3.8) is 0 Å². The lowest BCUT2D eigenvalue weighted by atomic mass is 9.77. The van der Waals surface area contributed by atoms with Crippen LogP contribution in [0.15, 0.2) is 54.7 Å². The quantitative estimate of drug-likeness (QED) is 0.449. The summed E-state index contributed by atoms with van der Waals surface area (Å²) in [5.74, 6) is -2.79. The standard InChI is InChI=1S/C25H20ClF3N2O6/c1-13(17-6-5-16(10-18(17)26)37-21-8-3-14(11-30-21)23(33)34)24(35,25(27,28)29)15-4-7-20-19(9-15)31(2)22(32)12-36-20/h3-11,13,35H,12H2,1-2H3,(H,33,34)/t13-,24-/m1/s1. The second-order valence-electron chi connectivity index (χ2n) is 8.39. The maximum absolute atomic E-state index is 14.4. The highest BCUT2D eigenvalue weighted by atomic mass is 35.5. The Labute approximate surface area is 213 Å². The number of hydrogen-bond acceptors (Lipinski definition) is 6. The molecule has 1 aliphatic heterocycles. The van der Waals surface area contributed by atoms with E-state index in [0.29, 0.717) is 0 Å². The number of aromatic nitrogens is 1. The summed E-state index contributed by atoms with van der Waals surface area (Å²) >= 11 is 6.33. The van der Waals surface area contributed by atoms with E-state index in [1.807, 2.05) is 0 Å². The molecule has 2 aromatic carbocycles. The molecule has 37 heavy (non-hydrogen) atoms. The minimum Gasteiger partial charge on any atom is -0.482 e. The smallest absolute Gasteiger partial charge is 0.422 e. The van der Waals surface area contributed by atoms with Crippen LogP contribution in [0.5, 0.6) is 17.4 Å². The number of carbonyl (C=O) groups excluding carboxylic acids is 1. The Kier molecular flexibility index (Phi) is 6.78. The van der Waals surface area contributed by atoms with Gasteiger partial charge in [-0.05, 0) is 41.5 Å². The van der Waals surface area contributed by atoms with Gasteiger partial charge in [0, 0.05) is 30.3 Å². The SMILES string of the molecule is C[C@H](c1ccc(Oc2ccc(C(=O)O)cn2)cc1Cl)[C@@](O)(c1ccc2c(c1)N(C)C(=O)CO2)C(F)(F)F. The average molecular weight is 537 g/mol. The third-order valence-electron chi connectivity index (χ3n) is 6.19. The number of carboxylic acids is 1. The third-order valence-corrected chi connectivity index (χ3v) is 6.52. The Hall–Kier alpha value is -3.83. The van der Waals surface area contributed by atoms with E-state index in [2.05, 4.69) is 4.98 Å². The second kappa shape index (κ2) is 9.56. The molecule has 0 fully saturated rings. The first-order valence-electron chi connectivity index (χ1n) is 10.8. The van der Waals surface area contributed by atoms with E-state index in [4.69, 9.17) is 26.2 Å². The molecule has 0 radical (unpaired) electrons. The van der Waals surface area contributed by atoms with Crippen LogP contribution in [0, 0.1) is 0 Å². The van der Waals surface area contributed by atoms with Gasteiger partial charge in [0.15, 0.2) is 12.2 Å². The molecule has 3 aromatic rings. The number of fused-ring (bicyclic) bond motifs is 1. The number of likely N-dealkylation sites (N-methyl/N-ethyl adjacent to an activating group) is 1. The molecule has 2 atom stereocenters. The summed E-state index contributed by atoms with van der Waals surface area (Å²) in [6.45, 7) is 0.943. The molecule has 0 unspecified atom stereocenters. The number of benzene rings is 2. The lowest BCUT2D eigenvalue weighted by molar-refractivity contribution is -0.274. The van der Waals surface area contributed by atoms with Gasteiger partial charge in [-0.15, -0.1) is 0 Å². The number of carbonyl (C=O) groups is 2. The van der Waals surface area contributed by atoms with Crippen LogP contribution in [-0.2, 0) is 10.4 Å². The minimum absolute atomic E-state index is 0.0126. The topological polar surface area (TPSA) is 109 Å². The number of aromatic carboxylic acids is 1. The first-order valence-corrected chi connectivity index (χ1v) is 11.2. The average Bonchev–Trinajstić information content (AvgIpc) is 2.85. The summed E-state index contributed by atoms with van der Waals surface area (Å²) in [5, 5.41) is 20.0. The summed E-state index contributed by atoms with van der Waals surface area (Å²) < 4.78 is 54.1. The summed E-state index contributed by atoms with van der Waals surface area (Å²) in [6.07, 6.45) is -4.03. The predicted molar refractivity (Wildman–Crippen MR) is 126 cm³/mol. The van der Waals surface area contributed by atoms with E-state index in [1.165, 1.54) is 55.3 Å². The summed E-state index contributed by atoms with van der Waals surface area (Å²) in [7, 11) is 1.41. The van der Waals surface area contributed by atoms with Crippen LogP contribution in [0.1, 0.15) is 34.3 Å². The van der Waals surface area contributed by atoms with Crippen LogP contribution < -0.4 is 14.4 Å². The Morgan fingerprint density at radius 3 is 2.51 bits per heavy atom. The van der Waals surface area contributed by atoms with Crippen molar-refractivity contribution in [2.75, 3.05) is 18.6 Å². The number of alkyl halides is 3. The first-order chi connectivity index (χ1) is 17.3. The molecular formula is C25H20ClF3N2O6. The fourth-order valence-electron chi connectivity index (χ4n) is 4.00. The molecule has 4 rings (SSSR count). The van der Waals surface area contributed by atoms with E-state index >= 15 is 0 Å². The molecule has 12 heteroatoms. The van der Waals surface area contributed by atoms with E-state index in [0.717, 1.165) is 18.3 Å². The third kappa shape index (κ3) is 4.79. The lowest BCUT2D eigenvalue weighted by Crippen LogP contribution is -2.47. The molecule has 8 nitrogen and oxygen atoms in total. The summed E-state index contributed by atoms with van der Waals surface area (Å²) in [4.78, 5) is 28.0. The maximum atomic E-state index is 14.4. The highest BCUT2D eigenvalue weighted by Crippen LogP contribution is 2.51. The van der Waals surface area contributed by atoms with Crippen molar-refractivity contribution in [3.05, 3.63) is 76.4 Å². The number of carboxylic acid groups (broad SMARTS) is 1. The Morgan fingerprint density at radius 2 is 1.92 bits per heavy atom. The number of anilines is 1. The van der Waals surface area contributed by atoms with E-state index in [-0.39, 0.29) is 45.8 Å². The van der Waals surface area contributed by atoms with Gasteiger partial charge < -0.3 is 24.6 Å². The van der Waals surface area contributed by atoms with Gasteiger partial charge in [-0.25, -0.2) is 9.78 Å². The Balaban J connectivity index is 1.68. The molecule has 0 aliphatic carbocycles. The van der Waals surface area contributed by atoms with E-state index in [9.17, 15) is 27.9 Å². The summed E-state index contributed by atoms with van der Waals surface area (Å²) in [5.41, 5.74) is -3.83. The number of pyridine rings is 1. The zero-order chi connectivity index (χ0) is 27.1. The van der Waals surface area contributed by atoms with Gasteiger partial charge in [-0.1, -0.05) is 30.7 Å². The molecule has 0 spiro atoms. The highest BCUT2D eigenvalue weighted by molar-refractivity contribution is 6.31. The maximum Gasteiger partial charge on any atom is 0.422 e. The minimum atomic E-state index is -5.12. The fourth-order valence-corrected chi connectivity index (χ4v) is 4.34. The number of ether oxygens (including phenoxy) is 2. The van der Waals surface area contributed by atoms with Crippen molar-refractivity contribution in [1.29, 1.82) is 0 Å². The van der Waals surface area contributed by atoms with Gasteiger partial charge in [-0.3, -0.25) is 4.79 Å². The van der Waals surface area contributed by atoms with Crippen molar-refractivity contribution < 1.29 is 42.4 Å². The van der Waals surface area contributed by atoms with Crippen LogP contribution >= 0.6 is 11.6 Å². The highest BCUT2D eigenvalue weighted by Gasteiger charge is 2.59. The number of amides is 1. The van der Waals surface area contributed by atoms with Crippen molar-refractivity contribution in [2.45, 2.75) is 24.6 Å². The van der Waals surface area contributed by atoms with Gasteiger partial charge in [0.2, 0.25) is 5.88 Å². The van der Waals surface area contributed by atoms with Gasteiger partial charge in [0.1, 0.15) is 11.5 Å². The van der Waals surface area contributed by atoms with Gasteiger partial charge in [-0.2, -0.15) is 13.2 Å². The molecule has 1 aliphatic rings. The van der Waals surface area contributed by atoms with Gasteiger partial charge in [0.25, 0.3) is 5.91 Å². The van der Waals surface area contributed by atoms with Crippen LogP contribution in [0.2, 0.25) is 5.02 Å².